The summed E-state index contributed by atoms with van der Waals surface area (Å²) in [6, 6.07) is 4.74. The standard InChI is InChI=1S/C16H30Si/c1-4-9-17(3,10-5-2)11-8-16-13-14-6-7-15(16)12-14/h6-7,14-16H,4-5,8-13H2,1-3H3. The minimum absolute atomic E-state index is 0.869. The van der Waals surface area contributed by atoms with E-state index in [0.717, 1.165) is 17.8 Å². The van der Waals surface area contributed by atoms with Gasteiger partial charge in [0.2, 0.25) is 0 Å². The fourth-order valence-corrected chi connectivity index (χ4v) is 8.57. The van der Waals surface area contributed by atoms with Gasteiger partial charge in [-0.1, -0.05) is 69.9 Å². The van der Waals surface area contributed by atoms with Gasteiger partial charge < -0.3 is 0 Å². The molecular formula is C16H30Si. The van der Waals surface area contributed by atoms with Crippen molar-refractivity contribution in [2.24, 2.45) is 17.8 Å². The van der Waals surface area contributed by atoms with Gasteiger partial charge in [-0.25, -0.2) is 0 Å². The Morgan fingerprint density at radius 3 is 2.18 bits per heavy atom. The zero-order valence-electron chi connectivity index (χ0n) is 12.0. The van der Waals surface area contributed by atoms with Crippen molar-refractivity contribution in [3.63, 3.8) is 0 Å². The molecule has 1 fully saturated rings. The highest BCUT2D eigenvalue weighted by Gasteiger charge is 2.36. The molecule has 0 aromatic rings. The highest BCUT2D eigenvalue weighted by atomic mass is 28.3. The van der Waals surface area contributed by atoms with Gasteiger partial charge in [0, 0.05) is 0 Å². The van der Waals surface area contributed by atoms with Gasteiger partial charge in [0.25, 0.3) is 0 Å². The molecule has 0 saturated heterocycles. The molecule has 0 N–H and O–H groups in total. The molecule has 2 aliphatic carbocycles. The van der Waals surface area contributed by atoms with Crippen molar-refractivity contribution in [1.82, 2.24) is 0 Å². The van der Waals surface area contributed by atoms with Crippen molar-refractivity contribution < 1.29 is 0 Å². The first kappa shape index (κ1) is 13.4. The van der Waals surface area contributed by atoms with E-state index in [9.17, 15) is 0 Å². The molecule has 0 aliphatic heterocycles. The van der Waals surface area contributed by atoms with Gasteiger partial charge in [-0.3, -0.25) is 0 Å². The van der Waals surface area contributed by atoms with Crippen LogP contribution in [0.3, 0.4) is 0 Å². The van der Waals surface area contributed by atoms with Gasteiger partial charge in [-0.15, -0.1) is 0 Å². The van der Waals surface area contributed by atoms with Crippen LogP contribution in [0.5, 0.6) is 0 Å². The predicted octanol–water partition coefficient (Wildman–Crippen LogP) is 5.49. The first-order valence-electron chi connectivity index (χ1n) is 7.85. The largest absolute Gasteiger partial charge is 0.0851 e. The first-order valence-corrected chi connectivity index (χ1v) is 11.0. The third-order valence-electron chi connectivity index (χ3n) is 5.24. The summed E-state index contributed by atoms with van der Waals surface area (Å²) in [5.41, 5.74) is 0. The number of fused-ring (bicyclic) bond motifs is 2. The second-order valence-electron chi connectivity index (χ2n) is 6.89. The average Bonchev–Trinajstić information content (AvgIpc) is 2.89. The highest BCUT2D eigenvalue weighted by Crippen LogP contribution is 2.46. The summed E-state index contributed by atoms with van der Waals surface area (Å²) < 4.78 is 0. The number of hydrogen-bond acceptors (Lipinski definition) is 0. The Balaban J connectivity index is 1.81. The predicted molar refractivity (Wildman–Crippen MR) is 80.1 cm³/mol. The van der Waals surface area contributed by atoms with Crippen LogP contribution in [0.2, 0.25) is 24.7 Å². The lowest BCUT2D eigenvalue weighted by Crippen LogP contribution is -2.30. The second kappa shape index (κ2) is 5.73. The van der Waals surface area contributed by atoms with Crippen LogP contribution in [0.15, 0.2) is 12.2 Å². The fourth-order valence-electron chi connectivity index (χ4n) is 4.34. The number of rotatable bonds is 7. The quantitative estimate of drug-likeness (QED) is 0.414. The number of allylic oxidation sites excluding steroid dienone is 2. The molecule has 0 aromatic carbocycles. The lowest BCUT2D eigenvalue weighted by molar-refractivity contribution is 0.431. The third-order valence-corrected chi connectivity index (χ3v) is 10.2. The van der Waals surface area contributed by atoms with Crippen molar-refractivity contribution in [2.75, 3.05) is 0 Å². The van der Waals surface area contributed by atoms with Crippen molar-refractivity contribution in [3.8, 4) is 0 Å². The number of hydrogen-bond donors (Lipinski definition) is 0. The van der Waals surface area contributed by atoms with Crippen molar-refractivity contribution in [1.29, 1.82) is 0 Å². The van der Waals surface area contributed by atoms with E-state index in [0.29, 0.717) is 0 Å². The van der Waals surface area contributed by atoms with E-state index in [1.807, 2.05) is 0 Å². The molecule has 98 valence electrons. The molecule has 0 nitrogen and oxygen atoms in total. The zero-order chi connectivity index (χ0) is 12.3. The molecule has 0 heterocycles. The highest BCUT2D eigenvalue weighted by molar-refractivity contribution is 6.78. The summed E-state index contributed by atoms with van der Waals surface area (Å²) in [7, 11) is -0.869. The lowest BCUT2D eigenvalue weighted by atomic mass is 9.91. The fraction of sp³-hybridized carbons (Fsp3) is 0.875. The SMILES string of the molecule is CCC[Si](C)(CCC)CCC1CC2C=CC1C2. The van der Waals surface area contributed by atoms with Crippen LogP contribution >= 0.6 is 0 Å². The van der Waals surface area contributed by atoms with Crippen molar-refractivity contribution >= 4 is 8.07 Å². The molecule has 1 saturated carbocycles. The molecule has 2 rings (SSSR count). The molecule has 1 heteroatoms. The molecule has 0 spiro atoms. The van der Waals surface area contributed by atoms with Crippen molar-refractivity contribution in [2.45, 2.75) is 70.6 Å². The van der Waals surface area contributed by atoms with Gasteiger partial charge in [0.1, 0.15) is 0 Å². The summed E-state index contributed by atoms with van der Waals surface area (Å²) in [6.45, 7) is 7.42. The molecule has 2 aliphatic rings. The van der Waals surface area contributed by atoms with Gasteiger partial charge in [-0.2, -0.15) is 0 Å². The monoisotopic (exact) mass is 250 g/mol. The van der Waals surface area contributed by atoms with Crippen LogP contribution < -0.4 is 0 Å². The molecule has 3 atom stereocenters. The van der Waals surface area contributed by atoms with Gasteiger partial charge in [0.05, 0.1) is 8.07 Å². The Labute approximate surface area is 109 Å². The summed E-state index contributed by atoms with van der Waals surface area (Å²) in [6.07, 6.45) is 12.4. The minimum atomic E-state index is -0.869. The van der Waals surface area contributed by atoms with Gasteiger partial charge >= 0.3 is 0 Å². The van der Waals surface area contributed by atoms with Crippen LogP contribution in [0.25, 0.3) is 0 Å². The maximum Gasteiger partial charge on any atom is 0.0504 e. The smallest absolute Gasteiger partial charge is 0.0504 e. The third kappa shape index (κ3) is 3.24. The molecule has 0 aromatic heterocycles. The second-order valence-corrected chi connectivity index (χ2v) is 12.0. The molecule has 3 unspecified atom stereocenters. The Morgan fingerprint density at radius 2 is 1.71 bits per heavy atom. The van der Waals surface area contributed by atoms with E-state index in [1.165, 1.54) is 25.7 Å². The minimum Gasteiger partial charge on any atom is -0.0851 e. The van der Waals surface area contributed by atoms with Gasteiger partial charge in [0.15, 0.2) is 0 Å². The van der Waals surface area contributed by atoms with E-state index >= 15 is 0 Å². The maximum atomic E-state index is 2.67. The summed E-state index contributed by atoms with van der Waals surface area (Å²) >= 11 is 0. The molecule has 0 amide bonds. The van der Waals surface area contributed by atoms with Crippen LogP contribution in [-0.2, 0) is 0 Å². The molecule has 0 radical (unpaired) electrons. The van der Waals surface area contributed by atoms with Crippen LogP contribution in [-0.4, -0.2) is 8.07 Å². The van der Waals surface area contributed by atoms with E-state index in [4.69, 9.17) is 0 Å². The topological polar surface area (TPSA) is 0 Å². The lowest BCUT2D eigenvalue weighted by Gasteiger charge is -2.29. The van der Waals surface area contributed by atoms with E-state index in [2.05, 4.69) is 32.5 Å². The van der Waals surface area contributed by atoms with E-state index in [1.54, 1.807) is 24.6 Å². The van der Waals surface area contributed by atoms with Crippen molar-refractivity contribution in [3.05, 3.63) is 12.2 Å². The Hall–Kier alpha value is -0.0431. The van der Waals surface area contributed by atoms with Crippen LogP contribution in [0.4, 0.5) is 0 Å². The average molecular weight is 251 g/mol. The molecule has 2 bridgehead atoms. The summed E-state index contributed by atoms with van der Waals surface area (Å²) in [4.78, 5) is 0. The van der Waals surface area contributed by atoms with E-state index < -0.39 is 8.07 Å². The summed E-state index contributed by atoms with van der Waals surface area (Å²) in [5.74, 6) is 3.00. The normalized spacial score (nSPS) is 31.4. The first-order chi connectivity index (χ1) is 8.17. The van der Waals surface area contributed by atoms with Crippen LogP contribution in [0, 0.1) is 17.8 Å². The molecular weight excluding hydrogens is 220 g/mol. The van der Waals surface area contributed by atoms with E-state index in [-0.39, 0.29) is 0 Å². The van der Waals surface area contributed by atoms with Crippen LogP contribution in [0.1, 0.15) is 46.0 Å². The summed E-state index contributed by atoms with van der Waals surface area (Å²) in [5, 5.41) is 0. The molecule has 17 heavy (non-hydrogen) atoms. The zero-order valence-corrected chi connectivity index (χ0v) is 13.0. The Morgan fingerprint density at radius 1 is 1.00 bits per heavy atom. The Bertz CT molecular complexity index is 263. The van der Waals surface area contributed by atoms with Gasteiger partial charge in [-0.05, 0) is 30.6 Å². The Kier molecular flexibility index (Phi) is 4.51. The maximum absolute atomic E-state index is 2.67.